The third-order valence-corrected chi connectivity index (χ3v) is 4.78. The fraction of sp³-hybridized carbons (Fsp3) is 0.421. The van der Waals surface area contributed by atoms with Gasteiger partial charge in [-0.2, -0.15) is 0 Å². The molecule has 7 nitrogen and oxygen atoms in total. The Morgan fingerprint density at radius 3 is 2.48 bits per heavy atom. The number of hydrogen-bond acceptors (Lipinski definition) is 6. The molecule has 0 radical (unpaired) electrons. The Bertz CT molecular complexity index is 808. The van der Waals surface area contributed by atoms with E-state index in [0.717, 1.165) is 25.9 Å². The van der Waals surface area contributed by atoms with Crippen LogP contribution in [-0.4, -0.2) is 43.2 Å². The highest BCUT2D eigenvalue weighted by molar-refractivity contribution is 6.32. The number of nitrogens with one attached hydrogen (secondary N) is 1. The van der Waals surface area contributed by atoms with Crippen LogP contribution in [-0.2, 0) is 0 Å². The van der Waals surface area contributed by atoms with Crippen LogP contribution in [0.5, 0.6) is 11.5 Å². The van der Waals surface area contributed by atoms with Crippen LogP contribution >= 0.6 is 11.6 Å². The van der Waals surface area contributed by atoms with E-state index < -0.39 is 0 Å². The zero-order valence-electron chi connectivity index (χ0n) is 15.5. The lowest BCUT2D eigenvalue weighted by molar-refractivity contribution is 0.102. The second-order valence-electron chi connectivity index (χ2n) is 6.28. The molecular weight excluding hydrogens is 368 g/mol. The highest BCUT2D eigenvalue weighted by Gasteiger charge is 2.17. The number of methoxy groups -OCH3 is 2. The lowest BCUT2D eigenvalue weighted by atomic mass is 10.2. The predicted molar refractivity (Wildman–Crippen MR) is 105 cm³/mol. The van der Waals surface area contributed by atoms with Crippen molar-refractivity contribution in [2.75, 3.05) is 37.5 Å². The van der Waals surface area contributed by atoms with Crippen molar-refractivity contribution in [2.24, 2.45) is 0 Å². The second kappa shape index (κ2) is 8.90. The topological polar surface area (TPSA) is 76.6 Å². The summed E-state index contributed by atoms with van der Waals surface area (Å²) in [6, 6.07) is 4.81. The van der Waals surface area contributed by atoms with Crippen LogP contribution in [0.3, 0.4) is 0 Å². The predicted octanol–water partition coefficient (Wildman–Crippen LogP) is 3.78. The van der Waals surface area contributed by atoms with E-state index in [-0.39, 0.29) is 5.91 Å². The number of amides is 1. The van der Waals surface area contributed by atoms with Gasteiger partial charge in [0.15, 0.2) is 0 Å². The van der Waals surface area contributed by atoms with Crippen molar-refractivity contribution in [3.05, 3.63) is 35.1 Å². The summed E-state index contributed by atoms with van der Waals surface area (Å²) in [4.78, 5) is 23.6. The third kappa shape index (κ3) is 4.60. The first kappa shape index (κ1) is 19.2. The third-order valence-electron chi connectivity index (χ3n) is 4.49. The minimum absolute atomic E-state index is 0.292. The number of aromatic nitrogens is 2. The standard InChI is InChI=1S/C19H23ClN4O3/c1-26-16-12-15(17(27-2)11-13(16)20)22-18(25)14-7-8-21-19(23-14)24-9-5-3-4-6-10-24/h7-8,11-12H,3-6,9-10H2,1-2H3,(H,22,25). The van der Waals surface area contributed by atoms with Crippen molar-refractivity contribution in [2.45, 2.75) is 25.7 Å². The van der Waals surface area contributed by atoms with Crippen LogP contribution in [0, 0.1) is 0 Å². The van der Waals surface area contributed by atoms with Crippen molar-refractivity contribution >= 4 is 29.1 Å². The molecule has 1 N–H and O–H groups in total. The maximum Gasteiger partial charge on any atom is 0.274 e. The van der Waals surface area contributed by atoms with Gasteiger partial charge in [0.05, 0.1) is 24.9 Å². The molecule has 0 unspecified atom stereocenters. The largest absolute Gasteiger partial charge is 0.495 e. The fourth-order valence-electron chi connectivity index (χ4n) is 3.04. The molecule has 1 fully saturated rings. The summed E-state index contributed by atoms with van der Waals surface area (Å²) in [6.07, 6.45) is 6.27. The number of anilines is 2. The zero-order valence-corrected chi connectivity index (χ0v) is 16.3. The lowest BCUT2D eigenvalue weighted by Gasteiger charge is -2.20. The highest BCUT2D eigenvalue weighted by atomic mass is 35.5. The van der Waals surface area contributed by atoms with Crippen molar-refractivity contribution in [3.63, 3.8) is 0 Å². The van der Waals surface area contributed by atoms with Crippen molar-refractivity contribution in [1.29, 1.82) is 0 Å². The number of carbonyl (C=O) groups is 1. The monoisotopic (exact) mass is 390 g/mol. The molecule has 8 heteroatoms. The minimum Gasteiger partial charge on any atom is -0.495 e. The van der Waals surface area contributed by atoms with Gasteiger partial charge < -0.3 is 19.7 Å². The smallest absolute Gasteiger partial charge is 0.274 e. The first-order chi connectivity index (χ1) is 13.1. The molecule has 27 heavy (non-hydrogen) atoms. The first-order valence-electron chi connectivity index (χ1n) is 8.93. The van der Waals surface area contributed by atoms with Gasteiger partial charge in [-0.15, -0.1) is 0 Å². The number of carbonyl (C=O) groups excluding carboxylic acids is 1. The summed E-state index contributed by atoms with van der Waals surface area (Å²) in [6.45, 7) is 1.82. The average molecular weight is 391 g/mol. The summed E-state index contributed by atoms with van der Waals surface area (Å²) in [5.74, 6) is 1.12. The fourth-order valence-corrected chi connectivity index (χ4v) is 3.27. The van der Waals surface area contributed by atoms with Gasteiger partial charge in [0, 0.05) is 31.4 Å². The molecule has 3 rings (SSSR count). The van der Waals surface area contributed by atoms with Gasteiger partial charge in [-0.1, -0.05) is 24.4 Å². The molecular formula is C19H23ClN4O3. The molecule has 144 valence electrons. The molecule has 1 aliphatic heterocycles. The van der Waals surface area contributed by atoms with Gasteiger partial charge in [0.1, 0.15) is 17.2 Å². The van der Waals surface area contributed by atoms with Crippen molar-refractivity contribution < 1.29 is 14.3 Å². The summed E-state index contributed by atoms with van der Waals surface area (Å²) in [5, 5.41) is 3.21. The van der Waals surface area contributed by atoms with E-state index in [9.17, 15) is 4.79 Å². The van der Waals surface area contributed by atoms with Gasteiger partial charge >= 0.3 is 0 Å². The van der Waals surface area contributed by atoms with E-state index in [0.29, 0.717) is 33.9 Å². The molecule has 1 aliphatic rings. The molecule has 0 spiro atoms. The Morgan fingerprint density at radius 2 is 1.81 bits per heavy atom. The molecule has 1 amide bonds. The van der Waals surface area contributed by atoms with Gasteiger partial charge in [-0.25, -0.2) is 9.97 Å². The van der Waals surface area contributed by atoms with Gasteiger partial charge in [-0.05, 0) is 18.9 Å². The molecule has 1 aromatic heterocycles. The number of halogens is 1. The molecule has 2 aromatic rings. The summed E-state index contributed by atoms with van der Waals surface area (Å²) >= 11 is 6.11. The molecule has 1 aromatic carbocycles. The van der Waals surface area contributed by atoms with E-state index in [1.54, 1.807) is 24.4 Å². The normalized spacial score (nSPS) is 14.4. The average Bonchev–Trinajstić information content (AvgIpc) is 2.98. The molecule has 0 saturated carbocycles. The Kier molecular flexibility index (Phi) is 6.34. The molecule has 0 bridgehead atoms. The Balaban J connectivity index is 1.81. The van der Waals surface area contributed by atoms with Crippen LogP contribution in [0.2, 0.25) is 5.02 Å². The van der Waals surface area contributed by atoms with Crippen LogP contribution < -0.4 is 19.7 Å². The quantitative estimate of drug-likeness (QED) is 0.837. The maximum absolute atomic E-state index is 12.7. The number of benzene rings is 1. The van der Waals surface area contributed by atoms with E-state index in [4.69, 9.17) is 21.1 Å². The van der Waals surface area contributed by atoms with Crippen LogP contribution in [0.4, 0.5) is 11.6 Å². The Morgan fingerprint density at radius 1 is 1.11 bits per heavy atom. The van der Waals surface area contributed by atoms with Crippen LogP contribution in [0.15, 0.2) is 24.4 Å². The van der Waals surface area contributed by atoms with Crippen molar-refractivity contribution in [1.82, 2.24) is 9.97 Å². The summed E-state index contributed by atoms with van der Waals surface area (Å²) in [5.41, 5.74) is 0.749. The Hall–Kier alpha value is -2.54. The Labute approximate surface area is 163 Å². The molecule has 0 atom stereocenters. The lowest BCUT2D eigenvalue weighted by Crippen LogP contribution is -2.27. The number of hydrogen-bond donors (Lipinski definition) is 1. The van der Waals surface area contributed by atoms with Gasteiger partial charge in [0.2, 0.25) is 5.95 Å². The summed E-state index contributed by atoms with van der Waals surface area (Å²) in [7, 11) is 3.02. The SMILES string of the molecule is COc1cc(NC(=O)c2ccnc(N3CCCCCC3)n2)c(OC)cc1Cl. The maximum atomic E-state index is 12.7. The van der Waals surface area contributed by atoms with Crippen LogP contribution in [0.25, 0.3) is 0 Å². The highest BCUT2D eigenvalue weighted by Crippen LogP contribution is 2.36. The molecule has 0 aliphatic carbocycles. The van der Waals surface area contributed by atoms with E-state index in [2.05, 4.69) is 20.2 Å². The van der Waals surface area contributed by atoms with Gasteiger partial charge in [0.25, 0.3) is 5.91 Å². The van der Waals surface area contributed by atoms with E-state index >= 15 is 0 Å². The number of rotatable bonds is 5. The number of nitrogens with zero attached hydrogens (tertiary/aromatic N) is 3. The van der Waals surface area contributed by atoms with E-state index in [1.807, 2.05) is 0 Å². The van der Waals surface area contributed by atoms with Gasteiger partial charge in [-0.3, -0.25) is 4.79 Å². The minimum atomic E-state index is -0.351. The first-order valence-corrected chi connectivity index (χ1v) is 9.31. The number of ether oxygens (including phenoxy) is 2. The van der Waals surface area contributed by atoms with E-state index in [1.165, 1.54) is 27.1 Å². The molecule has 2 heterocycles. The van der Waals surface area contributed by atoms with Crippen LogP contribution in [0.1, 0.15) is 36.2 Å². The second-order valence-corrected chi connectivity index (χ2v) is 6.69. The molecule has 1 saturated heterocycles. The zero-order chi connectivity index (χ0) is 19.2. The summed E-state index contributed by atoms with van der Waals surface area (Å²) < 4.78 is 10.5. The van der Waals surface area contributed by atoms with Crippen molar-refractivity contribution in [3.8, 4) is 11.5 Å².